The highest BCUT2D eigenvalue weighted by molar-refractivity contribution is 5.76. The van der Waals surface area contributed by atoms with Crippen LogP contribution in [0.5, 0.6) is 5.75 Å². The zero-order chi connectivity index (χ0) is 18.5. The first-order valence-corrected chi connectivity index (χ1v) is 8.49. The van der Waals surface area contributed by atoms with E-state index in [1.54, 1.807) is 0 Å². The molecule has 3 rings (SSSR count). The second-order valence-corrected chi connectivity index (χ2v) is 6.21. The van der Waals surface area contributed by atoms with Gasteiger partial charge in [0, 0.05) is 17.1 Å². The molecule has 5 nitrogen and oxygen atoms in total. The van der Waals surface area contributed by atoms with Crippen LogP contribution in [0, 0.1) is 13.8 Å². The van der Waals surface area contributed by atoms with Crippen LogP contribution in [-0.2, 0) is 0 Å². The summed E-state index contributed by atoms with van der Waals surface area (Å²) < 4.78 is 5.46. The molecule has 3 aromatic carbocycles. The van der Waals surface area contributed by atoms with Crippen molar-refractivity contribution in [3.05, 3.63) is 83.9 Å². The predicted molar refractivity (Wildman–Crippen MR) is 107 cm³/mol. The van der Waals surface area contributed by atoms with Crippen molar-refractivity contribution in [2.75, 3.05) is 4.90 Å². The van der Waals surface area contributed by atoms with Crippen molar-refractivity contribution in [2.24, 2.45) is 11.6 Å². The first-order valence-electron chi connectivity index (χ1n) is 8.49. The number of rotatable bonds is 6. The maximum absolute atomic E-state index is 5.64. The Hall–Kier alpha value is -2.86. The lowest BCUT2D eigenvalue weighted by atomic mass is 10.1. The maximum atomic E-state index is 5.64. The summed E-state index contributed by atoms with van der Waals surface area (Å²) in [5.74, 6) is 5.91. The van der Waals surface area contributed by atoms with Crippen molar-refractivity contribution in [1.29, 1.82) is 0 Å². The van der Waals surface area contributed by atoms with E-state index in [1.165, 1.54) is 11.1 Å². The van der Waals surface area contributed by atoms with Crippen LogP contribution in [0.4, 0.5) is 17.1 Å². The first-order chi connectivity index (χ1) is 12.6. The van der Waals surface area contributed by atoms with E-state index < -0.39 is 6.35 Å². The molecule has 0 aliphatic carbocycles. The average molecular weight is 348 g/mol. The third-order valence-electron chi connectivity index (χ3n) is 4.11. The molecule has 3 aromatic rings. The minimum Gasteiger partial charge on any atom is -0.461 e. The number of hydrazine groups is 1. The minimum absolute atomic E-state index is 0.645. The van der Waals surface area contributed by atoms with Crippen molar-refractivity contribution in [2.45, 2.75) is 20.2 Å². The molecule has 0 aromatic heterocycles. The summed E-state index contributed by atoms with van der Waals surface area (Å²) in [5, 5.41) is 0. The van der Waals surface area contributed by atoms with Crippen LogP contribution < -0.4 is 26.6 Å². The fraction of sp³-hybridized carbons (Fsp3) is 0.143. The molecule has 1 unspecified atom stereocenters. The summed E-state index contributed by atoms with van der Waals surface area (Å²) in [5.41, 5.74) is 13.7. The van der Waals surface area contributed by atoms with Gasteiger partial charge in [-0.3, -0.25) is 11.6 Å². The van der Waals surface area contributed by atoms with Crippen molar-refractivity contribution in [1.82, 2.24) is 5.43 Å². The van der Waals surface area contributed by atoms with Crippen LogP contribution in [0.1, 0.15) is 11.1 Å². The van der Waals surface area contributed by atoms with E-state index >= 15 is 0 Å². The van der Waals surface area contributed by atoms with Crippen LogP contribution in [-0.4, -0.2) is 6.35 Å². The van der Waals surface area contributed by atoms with Gasteiger partial charge in [-0.1, -0.05) is 35.4 Å². The zero-order valence-electron chi connectivity index (χ0n) is 15.0. The molecule has 0 spiro atoms. The molecule has 0 heterocycles. The third kappa shape index (κ3) is 4.21. The van der Waals surface area contributed by atoms with E-state index in [0.29, 0.717) is 5.75 Å². The zero-order valence-corrected chi connectivity index (χ0v) is 15.0. The van der Waals surface area contributed by atoms with Crippen LogP contribution in [0.2, 0.25) is 0 Å². The molecule has 5 heteroatoms. The Morgan fingerprint density at radius 3 is 1.50 bits per heavy atom. The van der Waals surface area contributed by atoms with E-state index in [2.05, 4.69) is 72.7 Å². The highest BCUT2D eigenvalue weighted by atomic mass is 16.5. The maximum Gasteiger partial charge on any atom is 0.216 e. The Labute approximate surface area is 154 Å². The fourth-order valence-electron chi connectivity index (χ4n) is 2.69. The molecule has 0 aliphatic rings. The fourth-order valence-corrected chi connectivity index (χ4v) is 2.69. The molecular formula is C21H24N4O. The molecular weight excluding hydrogens is 324 g/mol. The summed E-state index contributed by atoms with van der Waals surface area (Å²) in [4.78, 5) is 2.20. The Kier molecular flexibility index (Phi) is 5.53. The monoisotopic (exact) mass is 348 g/mol. The molecule has 5 N–H and O–H groups in total. The number of nitrogens with two attached hydrogens (primary N) is 2. The van der Waals surface area contributed by atoms with E-state index in [9.17, 15) is 0 Å². The summed E-state index contributed by atoms with van der Waals surface area (Å²) in [6, 6.07) is 24.7. The van der Waals surface area contributed by atoms with Crippen LogP contribution >= 0.6 is 0 Å². The first kappa shape index (κ1) is 17.9. The average Bonchev–Trinajstić information content (AvgIpc) is 2.66. The van der Waals surface area contributed by atoms with Gasteiger partial charge in [0.05, 0.1) is 0 Å². The van der Waals surface area contributed by atoms with Crippen molar-refractivity contribution in [3.8, 4) is 5.75 Å². The predicted octanol–water partition coefficient (Wildman–Crippen LogP) is 3.86. The molecule has 0 fully saturated rings. The lowest BCUT2D eigenvalue weighted by Gasteiger charge is -2.26. The van der Waals surface area contributed by atoms with Gasteiger partial charge in [-0.05, 0) is 62.4 Å². The van der Waals surface area contributed by atoms with E-state index in [4.69, 9.17) is 16.3 Å². The van der Waals surface area contributed by atoms with Gasteiger partial charge < -0.3 is 9.64 Å². The normalized spacial score (nSPS) is 11.8. The molecule has 0 aliphatic heterocycles. The molecule has 1 atom stereocenters. The standard InChI is InChI=1S/C21H24N4O/c1-15-3-7-17(8-4-15)25(18-9-5-16(2)6-10-18)19-11-13-20(14-12-19)26-21(22)24-23/h3-14,21,24H,22-23H2,1-2H3. The van der Waals surface area contributed by atoms with Gasteiger partial charge in [0.25, 0.3) is 0 Å². The summed E-state index contributed by atoms with van der Waals surface area (Å²) in [6.45, 7) is 4.17. The van der Waals surface area contributed by atoms with Gasteiger partial charge in [0.2, 0.25) is 6.35 Å². The number of aryl methyl sites for hydroxylation is 2. The Bertz CT molecular complexity index is 784. The minimum atomic E-state index is -0.744. The van der Waals surface area contributed by atoms with Gasteiger partial charge in [-0.25, -0.2) is 5.43 Å². The lowest BCUT2D eigenvalue weighted by Crippen LogP contribution is -2.46. The quantitative estimate of drug-likeness (QED) is 0.358. The number of hydrogen-bond donors (Lipinski definition) is 3. The Morgan fingerprint density at radius 1 is 0.731 bits per heavy atom. The van der Waals surface area contributed by atoms with Gasteiger partial charge in [0.1, 0.15) is 5.75 Å². The number of nitrogens with zero attached hydrogens (tertiary/aromatic N) is 1. The van der Waals surface area contributed by atoms with Crippen LogP contribution in [0.25, 0.3) is 0 Å². The van der Waals surface area contributed by atoms with Crippen LogP contribution in [0.3, 0.4) is 0 Å². The second kappa shape index (κ2) is 8.01. The van der Waals surface area contributed by atoms with E-state index in [-0.39, 0.29) is 0 Å². The Morgan fingerprint density at radius 2 is 1.12 bits per heavy atom. The summed E-state index contributed by atoms with van der Waals surface area (Å²) >= 11 is 0. The molecule has 26 heavy (non-hydrogen) atoms. The topological polar surface area (TPSA) is 76.5 Å². The second-order valence-electron chi connectivity index (χ2n) is 6.21. The summed E-state index contributed by atoms with van der Waals surface area (Å²) in [7, 11) is 0. The number of anilines is 3. The van der Waals surface area contributed by atoms with E-state index in [0.717, 1.165) is 17.1 Å². The number of benzene rings is 3. The van der Waals surface area contributed by atoms with Gasteiger partial charge >= 0.3 is 0 Å². The molecule has 0 saturated heterocycles. The number of hydrogen-bond acceptors (Lipinski definition) is 5. The Balaban J connectivity index is 1.97. The van der Waals surface area contributed by atoms with E-state index in [1.807, 2.05) is 24.3 Å². The SMILES string of the molecule is Cc1ccc(N(c2ccc(C)cc2)c2ccc(OC(N)NN)cc2)cc1. The highest BCUT2D eigenvalue weighted by Gasteiger charge is 2.12. The van der Waals surface area contributed by atoms with Gasteiger partial charge in [-0.15, -0.1) is 0 Å². The van der Waals surface area contributed by atoms with Crippen molar-refractivity contribution >= 4 is 17.1 Å². The molecule has 0 bridgehead atoms. The lowest BCUT2D eigenvalue weighted by molar-refractivity contribution is 0.172. The summed E-state index contributed by atoms with van der Waals surface area (Å²) in [6.07, 6.45) is -0.744. The van der Waals surface area contributed by atoms with Gasteiger partial charge in [-0.2, -0.15) is 0 Å². The number of ether oxygens (including phenoxy) is 1. The largest absolute Gasteiger partial charge is 0.461 e. The highest BCUT2D eigenvalue weighted by Crippen LogP contribution is 2.35. The smallest absolute Gasteiger partial charge is 0.216 e. The molecule has 0 radical (unpaired) electrons. The molecule has 134 valence electrons. The number of nitrogens with one attached hydrogen (secondary N) is 1. The third-order valence-corrected chi connectivity index (χ3v) is 4.11. The molecule has 0 amide bonds. The molecule has 0 saturated carbocycles. The van der Waals surface area contributed by atoms with Crippen molar-refractivity contribution < 1.29 is 4.74 Å². The van der Waals surface area contributed by atoms with Gasteiger partial charge in [0.15, 0.2) is 0 Å². The van der Waals surface area contributed by atoms with Crippen molar-refractivity contribution in [3.63, 3.8) is 0 Å². The van der Waals surface area contributed by atoms with Crippen LogP contribution in [0.15, 0.2) is 72.8 Å².